The second-order valence-electron chi connectivity index (χ2n) is 3.92. The molecule has 0 heterocycles. The highest BCUT2D eigenvalue weighted by Crippen LogP contribution is 2.26. The van der Waals surface area contributed by atoms with Crippen molar-refractivity contribution in [1.29, 1.82) is 0 Å². The summed E-state index contributed by atoms with van der Waals surface area (Å²) in [6, 6.07) is 5.71. The standard InChI is InChI=1S/C11H16Cl2N2/c1-7(2)11(15-14)6-8-9(12)4-3-5-10(8)13/h3-5,7,11,15H,6,14H2,1-2H3. The summed E-state index contributed by atoms with van der Waals surface area (Å²) in [4.78, 5) is 0. The Morgan fingerprint density at radius 2 is 1.80 bits per heavy atom. The van der Waals surface area contributed by atoms with Crippen LogP contribution in [0.2, 0.25) is 10.0 Å². The molecule has 0 spiro atoms. The van der Waals surface area contributed by atoms with Gasteiger partial charge in [0.1, 0.15) is 0 Å². The van der Waals surface area contributed by atoms with Crippen molar-refractivity contribution >= 4 is 23.2 Å². The largest absolute Gasteiger partial charge is 0.271 e. The van der Waals surface area contributed by atoms with Gasteiger partial charge in [0.2, 0.25) is 0 Å². The van der Waals surface area contributed by atoms with Gasteiger partial charge in [-0.25, -0.2) is 0 Å². The van der Waals surface area contributed by atoms with Crippen LogP contribution in [0.25, 0.3) is 0 Å². The molecule has 0 saturated carbocycles. The fraction of sp³-hybridized carbons (Fsp3) is 0.455. The van der Waals surface area contributed by atoms with Crippen LogP contribution >= 0.6 is 23.2 Å². The van der Waals surface area contributed by atoms with Crippen LogP contribution in [0.5, 0.6) is 0 Å². The first-order valence-electron chi connectivity index (χ1n) is 4.95. The van der Waals surface area contributed by atoms with Crippen LogP contribution in [0.3, 0.4) is 0 Å². The molecule has 0 aliphatic heterocycles. The summed E-state index contributed by atoms with van der Waals surface area (Å²) >= 11 is 12.2. The van der Waals surface area contributed by atoms with E-state index >= 15 is 0 Å². The van der Waals surface area contributed by atoms with Crippen molar-refractivity contribution in [3.63, 3.8) is 0 Å². The third-order valence-corrected chi connectivity index (χ3v) is 3.21. The lowest BCUT2D eigenvalue weighted by molar-refractivity contribution is 0.404. The van der Waals surface area contributed by atoms with Crippen molar-refractivity contribution in [3.8, 4) is 0 Å². The number of hydrogen-bond donors (Lipinski definition) is 2. The molecule has 1 aromatic carbocycles. The van der Waals surface area contributed by atoms with Crippen LogP contribution in [0.1, 0.15) is 19.4 Å². The number of benzene rings is 1. The molecular weight excluding hydrogens is 231 g/mol. The van der Waals surface area contributed by atoms with E-state index in [0.717, 1.165) is 12.0 Å². The first-order chi connectivity index (χ1) is 7.06. The van der Waals surface area contributed by atoms with Gasteiger partial charge < -0.3 is 0 Å². The zero-order chi connectivity index (χ0) is 11.4. The average Bonchev–Trinajstić information content (AvgIpc) is 2.17. The van der Waals surface area contributed by atoms with Gasteiger partial charge in [-0.05, 0) is 30.0 Å². The van der Waals surface area contributed by atoms with Crippen LogP contribution in [0.15, 0.2) is 18.2 Å². The predicted molar refractivity (Wildman–Crippen MR) is 66.1 cm³/mol. The molecule has 0 aliphatic rings. The first-order valence-corrected chi connectivity index (χ1v) is 5.71. The summed E-state index contributed by atoms with van der Waals surface area (Å²) in [5.41, 5.74) is 3.74. The molecular formula is C11H16Cl2N2. The molecule has 2 nitrogen and oxygen atoms in total. The fourth-order valence-corrected chi connectivity index (χ4v) is 1.99. The second kappa shape index (κ2) is 5.71. The number of nitrogens with two attached hydrogens (primary N) is 1. The lowest BCUT2D eigenvalue weighted by atomic mass is 9.97. The van der Waals surface area contributed by atoms with E-state index in [1.54, 1.807) is 0 Å². The Kier molecular flexibility index (Phi) is 4.87. The summed E-state index contributed by atoms with van der Waals surface area (Å²) < 4.78 is 0. The van der Waals surface area contributed by atoms with Crippen LogP contribution in [0, 0.1) is 5.92 Å². The van der Waals surface area contributed by atoms with Gasteiger partial charge in [0.15, 0.2) is 0 Å². The van der Waals surface area contributed by atoms with Crippen LogP contribution in [-0.4, -0.2) is 6.04 Å². The predicted octanol–water partition coefficient (Wildman–Crippen LogP) is 3.02. The maximum absolute atomic E-state index is 6.08. The van der Waals surface area contributed by atoms with Gasteiger partial charge in [-0.3, -0.25) is 11.3 Å². The zero-order valence-electron chi connectivity index (χ0n) is 8.93. The van der Waals surface area contributed by atoms with Gasteiger partial charge in [-0.1, -0.05) is 43.1 Å². The number of halogens is 2. The highest BCUT2D eigenvalue weighted by atomic mass is 35.5. The molecule has 84 valence electrons. The summed E-state index contributed by atoms with van der Waals surface area (Å²) in [5, 5.41) is 1.40. The fourth-order valence-electron chi connectivity index (χ4n) is 1.43. The molecule has 1 unspecified atom stereocenters. The van der Waals surface area contributed by atoms with Gasteiger partial charge >= 0.3 is 0 Å². The quantitative estimate of drug-likeness (QED) is 0.634. The maximum atomic E-state index is 6.08. The topological polar surface area (TPSA) is 38.0 Å². The van der Waals surface area contributed by atoms with Crippen LogP contribution in [0.4, 0.5) is 0 Å². The van der Waals surface area contributed by atoms with Crippen LogP contribution < -0.4 is 11.3 Å². The van der Waals surface area contributed by atoms with Crippen LogP contribution in [-0.2, 0) is 6.42 Å². The number of nitrogens with one attached hydrogen (secondary N) is 1. The molecule has 0 aliphatic carbocycles. The Morgan fingerprint density at radius 3 is 2.20 bits per heavy atom. The molecule has 1 atom stereocenters. The van der Waals surface area contributed by atoms with E-state index in [0.29, 0.717) is 16.0 Å². The van der Waals surface area contributed by atoms with Crippen molar-refractivity contribution in [2.24, 2.45) is 11.8 Å². The van der Waals surface area contributed by atoms with Crippen molar-refractivity contribution in [2.75, 3.05) is 0 Å². The lowest BCUT2D eigenvalue weighted by Crippen LogP contribution is -2.40. The van der Waals surface area contributed by atoms with Gasteiger partial charge in [0.25, 0.3) is 0 Å². The zero-order valence-corrected chi connectivity index (χ0v) is 10.4. The smallest absolute Gasteiger partial charge is 0.0453 e. The van der Waals surface area contributed by atoms with Gasteiger partial charge in [-0.15, -0.1) is 0 Å². The Bertz CT molecular complexity index is 306. The summed E-state index contributed by atoms with van der Waals surface area (Å²) in [7, 11) is 0. The van der Waals surface area contributed by atoms with E-state index in [1.165, 1.54) is 0 Å². The molecule has 0 radical (unpaired) electrons. The normalized spacial score (nSPS) is 13.2. The van der Waals surface area contributed by atoms with Crippen molar-refractivity contribution in [2.45, 2.75) is 26.3 Å². The van der Waals surface area contributed by atoms with Crippen molar-refractivity contribution in [3.05, 3.63) is 33.8 Å². The van der Waals surface area contributed by atoms with E-state index in [9.17, 15) is 0 Å². The Morgan fingerprint density at radius 1 is 1.27 bits per heavy atom. The number of hydrogen-bond acceptors (Lipinski definition) is 2. The molecule has 4 heteroatoms. The average molecular weight is 247 g/mol. The minimum absolute atomic E-state index is 0.183. The number of rotatable bonds is 4. The van der Waals surface area contributed by atoms with Gasteiger partial charge in [-0.2, -0.15) is 0 Å². The third kappa shape index (κ3) is 3.35. The van der Waals surface area contributed by atoms with E-state index in [-0.39, 0.29) is 6.04 Å². The summed E-state index contributed by atoms with van der Waals surface area (Å²) in [6.45, 7) is 4.21. The molecule has 0 amide bonds. The molecule has 1 aromatic rings. The molecule has 0 aromatic heterocycles. The number of hydrazine groups is 1. The van der Waals surface area contributed by atoms with E-state index in [4.69, 9.17) is 29.0 Å². The molecule has 0 fully saturated rings. The second-order valence-corrected chi connectivity index (χ2v) is 4.74. The summed E-state index contributed by atoms with van der Waals surface area (Å²) in [6.07, 6.45) is 0.743. The highest BCUT2D eigenvalue weighted by Gasteiger charge is 2.15. The van der Waals surface area contributed by atoms with Crippen molar-refractivity contribution in [1.82, 2.24) is 5.43 Å². The lowest BCUT2D eigenvalue weighted by Gasteiger charge is -2.20. The molecule has 1 rings (SSSR count). The molecule has 3 N–H and O–H groups in total. The molecule has 0 bridgehead atoms. The van der Waals surface area contributed by atoms with E-state index in [1.807, 2.05) is 18.2 Å². The third-order valence-electron chi connectivity index (χ3n) is 2.50. The van der Waals surface area contributed by atoms with Gasteiger partial charge in [0.05, 0.1) is 0 Å². The Hall–Kier alpha value is -0.280. The minimum atomic E-state index is 0.183. The minimum Gasteiger partial charge on any atom is -0.271 e. The molecule has 15 heavy (non-hydrogen) atoms. The summed E-state index contributed by atoms with van der Waals surface area (Å²) in [5.74, 6) is 5.92. The maximum Gasteiger partial charge on any atom is 0.0453 e. The molecule has 0 saturated heterocycles. The first kappa shape index (κ1) is 12.8. The van der Waals surface area contributed by atoms with E-state index in [2.05, 4.69) is 19.3 Å². The monoisotopic (exact) mass is 246 g/mol. The SMILES string of the molecule is CC(C)C(Cc1c(Cl)cccc1Cl)NN. The Balaban J connectivity index is 2.87. The Labute approximate surface area is 101 Å². The highest BCUT2D eigenvalue weighted by molar-refractivity contribution is 6.35. The van der Waals surface area contributed by atoms with Crippen molar-refractivity contribution < 1.29 is 0 Å². The van der Waals surface area contributed by atoms with Gasteiger partial charge in [0, 0.05) is 16.1 Å². The van der Waals surface area contributed by atoms with E-state index < -0.39 is 0 Å².